The Hall–Kier alpha value is -1.40. The lowest BCUT2D eigenvalue weighted by Crippen LogP contribution is -1.99. The molecule has 1 aromatic heterocycles. The summed E-state index contributed by atoms with van der Waals surface area (Å²) in [6.07, 6.45) is 1.46. The highest BCUT2D eigenvalue weighted by Crippen LogP contribution is 2.25. The molecule has 0 fully saturated rings. The van der Waals surface area contributed by atoms with Gasteiger partial charge in [-0.25, -0.2) is 14.2 Å². The Balaban J connectivity index is 2.07. The largest absolute Gasteiger partial charge is 0.477 e. The molecule has 1 aromatic carbocycles. The molecule has 0 aliphatic heterocycles. The topological polar surface area (TPSA) is 50.2 Å². The van der Waals surface area contributed by atoms with E-state index in [1.54, 1.807) is 18.2 Å². The Labute approximate surface area is 122 Å². The van der Waals surface area contributed by atoms with Gasteiger partial charge in [-0.3, -0.25) is 0 Å². The predicted octanol–water partition coefficient (Wildman–Crippen LogP) is 3.97. The van der Waals surface area contributed by atoms with Crippen molar-refractivity contribution in [2.45, 2.75) is 10.6 Å². The van der Waals surface area contributed by atoms with Crippen LogP contribution in [0.5, 0.6) is 0 Å². The lowest BCUT2D eigenvalue weighted by atomic mass is 10.2. The number of hydrogen-bond donors (Lipinski definition) is 1. The molecule has 0 amide bonds. The number of pyridine rings is 1. The van der Waals surface area contributed by atoms with E-state index in [1.165, 1.54) is 30.1 Å². The van der Waals surface area contributed by atoms with E-state index in [0.717, 1.165) is 10.5 Å². The number of rotatable bonds is 4. The summed E-state index contributed by atoms with van der Waals surface area (Å²) >= 11 is 4.60. The zero-order valence-electron chi connectivity index (χ0n) is 9.64. The van der Waals surface area contributed by atoms with Crippen LogP contribution >= 0.6 is 27.7 Å². The van der Waals surface area contributed by atoms with Gasteiger partial charge in [-0.2, -0.15) is 0 Å². The van der Waals surface area contributed by atoms with Crippen LogP contribution in [0.1, 0.15) is 16.1 Å². The maximum atomic E-state index is 13.1. The van der Waals surface area contributed by atoms with Gasteiger partial charge in [0.2, 0.25) is 0 Å². The number of carbonyl (C=O) groups is 1. The van der Waals surface area contributed by atoms with E-state index in [2.05, 4.69) is 20.9 Å². The molecule has 0 bridgehead atoms. The number of hydrogen-bond acceptors (Lipinski definition) is 3. The van der Waals surface area contributed by atoms with E-state index < -0.39 is 5.97 Å². The quantitative estimate of drug-likeness (QED) is 0.854. The molecule has 2 aromatic rings. The van der Waals surface area contributed by atoms with Crippen LogP contribution in [0.3, 0.4) is 0 Å². The van der Waals surface area contributed by atoms with E-state index in [9.17, 15) is 9.18 Å². The number of benzene rings is 1. The maximum absolute atomic E-state index is 13.1. The predicted molar refractivity (Wildman–Crippen MR) is 74.9 cm³/mol. The fourth-order valence-electron chi connectivity index (χ4n) is 1.41. The highest BCUT2D eigenvalue weighted by molar-refractivity contribution is 9.10. The molecule has 0 aliphatic carbocycles. The number of carboxylic acids is 1. The first kappa shape index (κ1) is 14.0. The Bertz CT molecular complexity index is 621. The number of aromatic carboxylic acids is 1. The molecule has 98 valence electrons. The SMILES string of the molecule is O=C(O)c1cc(SCc2ccc(F)c(Br)c2)ccn1. The Morgan fingerprint density at radius 3 is 2.84 bits per heavy atom. The van der Waals surface area contributed by atoms with Crippen molar-refractivity contribution >= 4 is 33.7 Å². The summed E-state index contributed by atoms with van der Waals surface area (Å²) in [6.45, 7) is 0. The van der Waals surface area contributed by atoms with Crippen LogP contribution in [0.2, 0.25) is 0 Å². The number of halogens is 2. The van der Waals surface area contributed by atoms with E-state index in [4.69, 9.17) is 5.11 Å². The summed E-state index contributed by atoms with van der Waals surface area (Å²) in [5.41, 5.74) is 0.970. The minimum atomic E-state index is -1.05. The van der Waals surface area contributed by atoms with Crippen LogP contribution in [0.15, 0.2) is 45.9 Å². The average molecular weight is 342 g/mol. The summed E-state index contributed by atoms with van der Waals surface area (Å²) < 4.78 is 13.5. The van der Waals surface area contributed by atoms with Crippen LogP contribution in [0.4, 0.5) is 4.39 Å². The van der Waals surface area contributed by atoms with Crippen molar-refractivity contribution < 1.29 is 14.3 Å². The lowest BCUT2D eigenvalue weighted by Gasteiger charge is -2.04. The molecule has 0 aliphatic rings. The van der Waals surface area contributed by atoms with Gasteiger partial charge in [-0.05, 0) is 45.8 Å². The molecular formula is C13H9BrFNO2S. The van der Waals surface area contributed by atoms with Crippen LogP contribution in [0, 0.1) is 5.82 Å². The number of carboxylic acid groups (broad SMARTS) is 1. The Kier molecular flexibility index (Phi) is 4.55. The number of aromatic nitrogens is 1. The van der Waals surface area contributed by atoms with Gasteiger partial charge in [-0.15, -0.1) is 11.8 Å². The lowest BCUT2D eigenvalue weighted by molar-refractivity contribution is 0.0690. The normalized spacial score (nSPS) is 10.4. The van der Waals surface area contributed by atoms with E-state index in [1.807, 2.05) is 0 Å². The van der Waals surface area contributed by atoms with Crippen molar-refractivity contribution in [3.8, 4) is 0 Å². The van der Waals surface area contributed by atoms with Crippen molar-refractivity contribution in [2.24, 2.45) is 0 Å². The molecule has 0 atom stereocenters. The Morgan fingerprint density at radius 2 is 2.16 bits per heavy atom. The third kappa shape index (κ3) is 3.78. The molecule has 0 radical (unpaired) electrons. The van der Waals surface area contributed by atoms with Gasteiger partial charge in [0.25, 0.3) is 0 Å². The van der Waals surface area contributed by atoms with Crippen molar-refractivity contribution in [3.05, 3.63) is 58.1 Å². The standard InChI is InChI=1S/C13H9BrFNO2S/c14-10-5-8(1-2-11(10)15)7-19-9-3-4-16-12(6-9)13(17)18/h1-6H,7H2,(H,17,18). The molecule has 19 heavy (non-hydrogen) atoms. The van der Waals surface area contributed by atoms with Gasteiger partial charge in [-0.1, -0.05) is 6.07 Å². The summed E-state index contributed by atoms with van der Waals surface area (Å²) in [5, 5.41) is 8.84. The van der Waals surface area contributed by atoms with E-state index in [0.29, 0.717) is 10.2 Å². The molecule has 2 rings (SSSR count). The maximum Gasteiger partial charge on any atom is 0.354 e. The molecule has 6 heteroatoms. The number of nitrogens with zero attached hydrogens (tertiary/aromatic N) is 1. The van der Waals surface area contributed by atoms with Crippen molar-refractivity contribution in [1.29, 1.82) is 0 Å². The van der Waals surface area contributed by atoms with Crippen LogP contribution in [0.25, 0.3) is 0 Å². The second-order valence-electron chi connectivity index (χ2n) is 3.72. The second-order valence-corrected chi connectivity index (χ2v) is 5.62. The third-order valence-electron chi connectivity index (χ3n) is 2.34. The van der Waals surface area contributed by atoms with Crippen LogP contribution in [-0.4, -0.2) is 16.1 Å². The van der Waals surface area contributed by atoms with Crippen LogP contribution in [-0.2, 0) is 5.75 Å². The molecule has 3 nitrogen and oxygen atoms in total. The van der Waals surface area contributed by atoms with Crippen LogP contribution < -0.4 is 0 Å². The minimum absolute atomic E-state index is 0.0188. The van der Waals surface area contributed by atoms with Crippen molar-refractivity contribution in [3.63, 3.8) is 0 Å². The smallest absolute Gasteiger partial charge is 0.354 e. The zero-order chi connectivity index (χ0) is 13.8. The summed E-state index contributed by atoms with van der Waals surface area (Å²) in [4.78, 5) is 15.4. The van der Waals surface area contributed by atoms with Gasteiger partial charge in [0.1, 0.15) is 11.5 Å². The zero-order valence-corrected chi connectivity index (χ0v) is 12.0. The highest BCUT2D eigenvalue weighted by Gasteiger charge is 2.06. The first-order valence-electron chi connectivity index (χ1n) is 5.32. The van der Waals surface area contributed by atoms with Crippen molar-refractivity contribution in [2.75, 3.05) is 0 Å². The molecule has 0 unspecified atom stereocenters. The van der Waals surface area contributed by atoms with Crippen molar-refractivity contribution in [1.82, 2.24) is 4.98 Å². The van der Waals surface area contributed by atoms with Gasteiger partial charge in [0.15, 0.2) is 0 Å². The molecule has 0 saturated heterocycles. The molecule has 1 N–H and O–H groups in total. The van der Waals surface area contributed by atoms with Gasteiger partial charge in [0.05, 0.1) is 4.47 Å². The highest BCUT2D eigenvalue weighted by atomic mass is 79.9. The fourth-order valence-corrected chi connectivity index (χ4v) is 2.71. The fraction of sp³-hybridized carbons (Fsp3) is 0.0769. The molecular weight excluding hydrogens is 333 g/mol. The first-order valence-corrected chi connectivity index (χ1v) is 7.10. The third-order valence-corrected chi connectivity index (χ3v) is 4.01. The average Bonchev–Trinajstić information content (AvgIpc) is 2.40. The van der Waals surface area contributed by atoms with Gasteiger partial charge in [0, 0.05) is 16.8 Å². The summed E-state index contributed by atoms with van der Waals surface area (Å²) in [5.74, 6) is -0.722. The summed E-state index contributed by atoms with van der Waals surface area (Å²) in [7, 11) is 0. The molecule has 0 spiro atoms. The van der Waals surface area contributed by atoms with E-state index in [-0.39, 0.29) is 11.5 Å². The minimum Gasteiger partial charge on any atom is -0.477 e. The monoisotopic (exact) mass is 341 g/mol. The summed E-state index contributed by atoms with van der Waals surface area (Å²) in [6, 6.07) is 8.07. The van der Waals surface area contributed by atoms with Gasteiger partial charge < -0.3 is 5.11 Å². The second kappa shape index (κ2) is 6.16. The first-order chi connectivity index (χ1) is 9.06. The van der Waals surface area contributed by atoms with E-state index >= 15 is 0 Å². The number of thioether (sulfide) groups is 1. The molecule has 1 heterocycles. The molecule has 0 saturated carbocycles. The Morgan fingerprint density at radius 1 is 1.37 bits per heavy atom. The van der Waals surface area contributed by atoms with Gasteiger partial charge >= 0.3 is 5.97 Å².